The number of para-hydroxylation sites is 2. The molecule has 7 atom stereocenters. The Morgan fingerprint density at radius 1 is 1.39 bits per heavy atom. The molecule has 2 heterocycles. The number of anilines is 1. The minimum atomic E-state index is -0.627. The predicted molar refractivity (Wildman–Crippen MR) is 83.0 cm³/mol. The maximum atomic E-state index is 13.3. The van der Waals surface area contributed by atoms with Crippen LogP contribution in [0.15, 0.2) is 24.3 Å². The zero-order valence-electron chi connectivity index (χ0n) is 13.3. The molecule has 0 unspecified atom stereocenters. The minimum Gasteiger partial charge on any atom is -0.495 e. The van der Waals surface area contributed by atoms with E-state index in [0.29, 0.717) is 11.7 Å². The third-order valence-corrected chi connectivity index (χ3v) is 6.63. The van der Waals surface area contributed by atoms with Crippen molar-refractivity contribution >= 4 is 11.6 Å². The summed E-state index contributed by atoms with van der Waals surface area (Å²) in [4.78, 5) is 15.1. The fourth-order valence-corrected chi connectivity index (χ4v) is 5.90. The molecule has 1 N–H and O–H groups in total. The zero-order chi connectivity index (χ0) is 15.9. The summed E-state index contributed by atoms with van der Waals surface area (Å²) in [5.74, 6) is 1.22. The number of hydrogen-bond donors (Lipinski definition) is 1. The normalized spacial score (nSPS) is 46.0. The number of ether oxygens (including phenoxy) is 2. The largest absolute Gasteiger partial charge is 0.495 e. The van der Waals surface area contributed by atoms with E-state index in [1.807, 2.05) is 29.2 Å². The van der Waals surface area contributed by atoms with Crippen molar-refractivity contribution in [3.8, 4) is 5.75 Å². The SMILES string of the molecule is CC[C@]12O[C@@H]3[C@H](O)[C@H]4C[C@H]3[C@H]1[C@@H]4C(=O)N2c1ccccc1OC. The molecule has 0 aromatic heterocycles. The molecule has 2 saturated carbocycles. The summed E-state index contributed by atoms with van der Waals surface area (Å²) in [6, 6.07) is 7.63. The Bertz CT molecular complexity index is 691. The highest BCUT2D eigenvalue weighted by atomic mass is 16.6. The van der Waals surface area contributed by atoms with Gasteiger partial charge in [0.1, 0.15) is 5.75 Å². The van der Waals surface area contributed by atoms with Gasteiger partial charge in [0.2, 0.25) is 5.91 Å². The number of methoxy groups -OCH3 is 1. The van der Waals surface area contributed by atoms with Crippen LogP contribution in [0.1, 0.15) is 19.8 Å². The molecular formula is C18H21NO4. The summed E-state index contributed by atoms with van der Waals surface area (Å²) in [5, 5.41) is 10.5. The van der Waals surface area contributed by atoms with Crippen LogP contribution in [0.2, 0.25) is 0 Å². The van der Waals surface area contributed by atoms with Gasteiger partial charge in [-0.2, -0.15) is 0 Å². The summed E-state index contributed by atoms with van der Waals surface area (Å²) in [7, 11) is 1.62. The van der Waals surface area contributed by atoms with Gasteiger partial charge in [-0.1, -0.05) is 19.1 Å². The van der Waals surface area contributed by atoms with Crippen LogP contribution >= 0.6 is 0 Å². The standard InChI is InChI=1S/C18H21NO4/c1-3-18-14-10-8-9(15(20)16(10)23-18)13(14)17(21)19(18)11-6-4-5-7-12(11)22-2/h4-7,9-10,13-16,20H,3,8H2,1-2H3/t9-,10-,13+,14-,15+,16-,18-/m0/s1. The third-order valence-electron chi connectivity index (χ3n) is 6.63. The van der Waals surface area contributed by atoms with Crippen LogP contribution in [0.25, 0.3) is 0 Å². The Morgan fingerprint density at radius 2 is 2.17 bits per heavy atom. The van der Waals surface area contributed by atoms with Gasteiger partial charge in [-0.05, 0) is 36.8 Å². The van der Waals surface area contributed by atoms with Crippen LogP contribution < -0.4 is 9.64 Å². The Balaban J connectivity index is 1.69. The van der Waals surface area contributed by atoms with Gasteiger partial charge in [0.15, 0.2) is 5.72 Å². The molecule has 2 aliphatic heterocycles. The first-order valence-corrected chi connectivity index (χ1v) is 8.47. The van der Waals surface area contributed by atoms with Crippen LogP contribution in [-0.4, -0.2) is 36.1 Å². The average Bonchev–Trinajstić information content (AvgIpc) is 3.23. The molecule has 23 heavy (non-hydrogen) atoms. The zero-order valence-corrected chi connectivity index (χ0v) is 13.3. The van der Waals surface area contributed by atoms with Crippen LogP contribution in [0.5, 0.6) is 5.75 Å². The van der Waals surface area contributed by atoms with Crippen LogP contribution in [-0.2, 0) is 9.53 Å². The van der Waals surface area contributed by atoms with Crippen LogP contribution in [0.4, 0.5) is 5.69 Å². The van der Waals surface area contributed by atoms with Gasteiger partial charge in [-0.15, -0.1) is 0 Å². The highest BCUT2D eigenvalue weighted by Gasteiger charge is 2.78. The molecule has 4 fully saturated rings. The van der Waals surface area contributed by atoms with Gasteiger partial charge in [0.05, 0.1) is 30.9 Å². The van der Waals surface area contributed by atoms with E-state index in [9.17, 15) is 9.90 Å². The van der Waals surface area contributed by atoms with E-state index < -0.39 is 11.8 Å². The second kappa shape index (κ2) is 4.28. The summed E-state index contributed by atoms with van der Waals surface area (Å²) >= 11 is 0. The van der Waals surface area contributed by atoms with Crippen molar-refractivity contribution in [1.29, 1.82) is 0 Å². The molecule has 4 aliphatic rings. The van der Waals surface area contributed by atoms with Crippen molar-refractivity contribution in [2.75, 3.05) is 12.0 Å². The number of carbonyl (C=O) groups is 1. The Kier molecular flexibility index (Phi) is 2.57. The van der Waals surface area contributed by atoms with Crippen molar-refractivity contribution in [3.63, 3.8) is 0 Å². The molecule has 1 aromatic carbocycles. The number of carbonyl (C=O) groups excluding carboxylic acids is 1. The molecule has 2 saturated heterocycles. The highest BCUT2D eigenvalue weighted by Crippen LogP contribution is 2.69. The van der Waals surface area contributed by atoms with E-state index in [-0.39, 0.29) is 29.8 Å². The molecular weight excluding hydrogens is 294 g/mol. The molecule has 2 bridgehead atoms. The first kappa shape index (κ1) is 13.8. The molecule has 0 radical (unpaired) electrons. The Hall–Kier alpha value is -1.59. The number of nitrogens with zero attached hydrogens (tertiary/aromatic N) is 1. The molecule has 5 rings (SSSR count). The molecule has 122 valence electrons. The lowest BCUT2D eigenvalue weighted by atomic mass is 9.76. The predicted octanol–water partition coefficient (Wildman–Crippen LogP) is 1.79. The molecule has 1 amide bonds. The van der Waals surface area contributed by atoms with Gasteiger partial charge < -0.3 is 14.6 Å². The van der Waals surface area contributed by atoms with Crippen molar-refractivity contribution in [2.45, 2.75) is 37.7 Å². The van der Waals surface area contributed by atoms with Crippen LogP contribution in [0, 0.1) is 23.7 Å². The fourth-order valence-electron chi connectivity index (χ4n) is 5.90. The summed E-state index contributed by atoms with van der Waals surface area (Å²) < 4.78 is 11.9. The summed E-state index contributed by atoms with van der Waals surface area (Å²) in [5.41, 5.74) is 0.156. The minimum absolute atomic E-state index is 0.0515. The van der Waals surface area contributed by atoms with E-state index in [2.05, 4.69) is 6.92 Å². The number of aliphatic hydroxyl groups is 1. The van der Waals surface area contributed by atoms with E-state index >= 15 is 0 Å². The maximum Gasteiger partial charge on any atom is 0.233 e. The quantitative estimate of drug-likeness (QED) is 0.924. The van der Waals surface area contributed by atoms with Crippen molar-refractivity contribution in [1.82, 2.24) is 0 Å². The molecule has 1 aromatic rings. The topological polar surface area (TPSA) is 59.0 Å². The Morgan fingerprint density at radius 3 is 2.91 bits per heavy atom. The van der Waals surface area contributed by atoms with Crippen molar-refractivity contribution in [2.24, 2.45) is 23.7 Å². The number of rotatable bonds is 3. The van der Waals surface area contributed by atoms with Gasteiger partial charge in [0.25, 0.3) is 0 Å². The molecule has 5 nitrogen and oxygen atoms in total. The lowest BCUT2D eigenvalue weighted by Crippen LogP contribution is -2.51. The number of aliphatic hydroxyl groups excluding tert-OH is 1. The van der Waals surface area contributed by atoms with Crippen molar-refractivity contribution in [3.05, 3.63) is 24.3 Å². The molecule has 5 heteroatoms. The Labute approximate surface area is 135 Å². The average molecular weight is 315 g/mol. The number of benzene rings is 1. The van der Waals surface area contributed by atoms with E-state index in [1.165, 1.54) is 0 Å². The van der Waals surface area contributed by atoms with Crippen LogP contribution in [0.3, 0.4) is 0 Å². The second-order valence-corrected chi connectivity index (χ2v) is 7.23. The van der Waals surface area contributed by atoms with E-state index in [4.69, 9.17) is 9.47 Å². The lowest BCUT2D eigenvalue weighted by molar-refractivity contribution is -0.133. The monoisotopic (exact) mass is 315 g/mol. The summed E-state index contributed by atoms with van der Waals surface area (Å²) in [6.07, 6.45) is 1.05. The highest BCUT2D eigenvalue weighted by molar-refractivity contribution is 6.01. The third kappa shape index (κ3) is 1.36. The van der Waals surface area contributed by atoms with E-state index in [1.54, 1.807) is 7.11 Å². The molecule has 0 spiro atoms. The second-order valence-electron chi connectivity index (χ2n) is 7.23. The number of amides is 1. The van der Waals surface area contributed by atoms with Gasteiger partial charge >= 0.3 is 0 Å². The van der Waals surface area contributed by atoms with Crippen molar-refractivity contribution < 1.29 is 19.4 Å². The van der Waals surface area contributed by atoms with Gasteiger partial charge in [-0.25, -0.2) is 0 Å². The van der Waals surface area contributed by atoms with Gasteiger partial charge in [-0.3, -0.25) is 9.69 Å². The van der Waals surface area contributed by atoms with E-state index in [0.717, 1.165) is 18.5 Å². The fraction of sp³-hybridized carbons (Fsp3) is 0.611. The maximum absolute atomic E-state index is 13.3. The number of hydrogen-bond acceptors (Lipinski definition) is 4. The first-order valence-electron chi connectivity index (χ1n) is 8.47. The smallest absolute Gasteiger partial charge is 0.233 e. The number of fused-ring (bicyclic) bond motifs is 2. The first-order chi connectivity index (χ1) is 11.1. The summed E-state index contributed by atoms with van der Waals surface area (Å²) in [6.45, 7) is 2.07. The molecule has 2 aliphatic carbocycles. The lowest BCUT2D eigenvalue weighted by Gasteiger charge is -2.38. The van der Waals surface area contributed by atoms with Gasteiger partial charge in [0, 0.05) is 5.92 Å².